The minimum atomic E-state index is -0.174. The number of ether oxygens (including phenoxy) is 1. The molecule has 1 N–H and O–H groups in total. The van der Waals surface area contributed by atoms with E-state index >= 15 is 0 Å². The highest BCUT2D eigenvalue weighted by atomic mass is 35.5. The zero-order valence-corrected chi connectivity index (χ0v) is 18.5. The molecule has 0 aliphatic heterocycles. The van der Waals surface area contributed by atoms with Gasteiger partial charge in [-0.05, 0) is 61.4 Å². The number of aryl methyl sites for hydroxylation is 2. The third-order valence-electron chi connectivity index (χ3n) is 5.23. The van der Waals surface area contributed by atoms with Crippen molar-refractivity contribution >= 4 is 34.1 Å². The number of hydrogen-bond acceptors (Lipinski definition) is 4. The van der Waals surface area contributed by atoms with E-state index in [1.165, 1.54) is 4.57 Å². The second kappa shape index (κ2) is 9.24. The molecule has 0 saturated heterocycles. The Balaban J connectivity index is 1.56. The summed E-state index contributed by atoms with van der Waals surface area (Å²) in [5.41, 5.74) is 2.54. The number of hydrogen-bond donors (Lipinski definition) is 1. The topological polar surface area (TPSA) is 73.2 Å². The second-order valence-corrected chi connectivity index (χ2v) is 7.78. The van der Waals surface area contributed by atoms with E-state index in [1.807, 2.05) is 36.4 Å². The predicted octanol–water partition coefficient (Wildman–Crippen LogP) is 4.93. The van der Waals surface area contributed by atoms with E-state index in [0.717, 1.165) is 11.3 Å². The number of anilines is 1. The van der Waals surface area contributed by atoms with Crippen LogP contribution in [0.2, 0.25) is 5.02 Å². The molecule has 6 nitrogen and oxygen atoms in total. The number of para-hydroxylation sites is 1. The minimum Gasteiger partial charge on any atom is -0.497 e. The minimum absolute atomic E-state index is 0.166. The van der Waals surface area contributed by atoms with Crippen LogP contribution in [-0.2, 0) is 11.2 Å². The van der Waals surface area contributed by atoms with E-state index < -0.39 is 0 Å². The zero-order valence-electron chi connectivity index (χ0n) is 17.8. The molecule has 7 heteroatoms. The molecule has 0 saturated carbocycles. The molecular weight excluding hydrogens is 426 g/mol. The van der Waals surface area contributed by atoms with Crippen molar-refractivity contribution in [3.8, 4) is 11.4 Å². The van der Waals surface area contributed by atoms with Gasteiger partial charge in [0.15, 0.2) is 0 Å². The quantitative estimate of drug-likeness (QED) is 0.455. The van der Waals surface area contributed by atoms with Crippen molar-refractivity contribution in [2.75, 3.05) is 12.4 Å². The molecule has 3 aromatic carbocycles. The van der Waals surface area contributed by atoms with Crippen LogP contribution in [0, 0.1) is 6.92 Å². The molecule has 0 unspecified atom stereocenters. The number of benzene rings is 3. The number of rotatable bonds is 6. The maximum Gasteiger partial charge on any atom is 0.265 e. The number of fused-ring (bicyclic) bond motifs is 1. The molecule has 0 bridgehead atoms. The number of methoxy groups -OCH3 is 1. The van der Waals surface area contributed by atoms with Crippen LogP contribution >= 0.6 is 11.6 Å². The molecule has 0 radical (unpaired) electrons. The van der Waals surface area contributed by atoms with Crippen LogP contribution in [0.4, 0.5) is 5.69 Å². The Bertz CT molecular complexity index is 1350. The molecule has 0 aliphatic rings. The van der Waals surface area contributed by atoms with E-state index in [0.29, 0.717) is 46.0 Å². The second-order valence-electron chi connectivity index (χ2n) is 7.38. The van der Waals surface area contributed by atoms with Gasteiger partial charge >= 0.3 is 0 Å². The molecule has 4 rings (SSSR count). The fourth-order valence-corrected chi connectivity index (χ4v) is 3.72. The first kappa shape index (κ1) is 21.6. The Morgan fingerprint density at radius 1 is 1.09 bits per heavy atom. The number of carbonyl (C=O) groups excluding carboxylic acids is 1. The van der Waals surface area contributed by atoms with Gasteiger partial charge in [0.2, 0.25) is 5.91 Å². The zero-order chi connectivity index (χ0) is 22.7. The van der Waals surface area contributed by atoms with Crippen molar-refractivity contribution in [1.82, 2.24) is 9.55 Å². The lowest BCUT2D eigenvalue weighted by Gasteiger charge is -2.14. The van der Waals surface area contributed by atoms with Crippen molar-refractivity contribution in [3.63, 3.8) is 0 Å². The fourth-order valence-electron chi connectivity index (χ4n) is 3.56. The van der Waals surface area contributed by atoms with E-state index in [1.54, 1.807) is 44.4 Å². The summed E-state index contributed by atoms with van der Waals surface area (Å²) in [4.78, 5) is 30.1. The number of nitrogens with zero attached hydrogens (tertiary/aromatic N) is 2. The maximum absolute atomic E-state index is 13.1. The molecule has 162 valence electrons. The number of halogens is 1. The van der Waals surface area contributed by atoms with E-state index in [9.17, 15) is 9.59 Å². The van der Waals surface area contributed by atoms with Crippen LogP contribution in [0.25, 0.3) is 16.6 Å². The smallest absolute Gasteiger partial charge is 0.265 e. The highest BCUT2D eigenvalue weighted by Crippen LogP contribution is 2.25. The van der Waals surface area contributed by atoms with Gasteiger partial charge in [-0.25, -0.2) is 4.98 Å². The van der Waals surface area contributed by atoms with Crippen molar-refractivity contribution in [2.45, 2.75) is 19.8 Å². The van der Waals surface area contributed by atoms with Crippen LogP contribution in [0.5, 0.6) is 5.75 Å². The lowest BCUT2D eigenvalue weighted by molar-refractivity contribution is -0.116. The summed E-state index contributed by atoms with van der Waals surface area (Å²) in [6.45, 7) is 1.77. The molecular formula is C25H22ClN3O3. The Hall–Kier alpha value is -3.64. The van der Waals surface area contributed by atoms with Gasteiger partial charge in [0.05, 0.1) is 34.4 Å². The average Bonchev–Trinajstić information content (AvgIpc) is 2.80. The standard InChI is InChI=1S/C25H22ClN3O3/c1-16-27-22-6-4-3-5-20(22)25(31)29(16)18-10-13-21(26)23(15-18)28-24(30)14-9-17-7-11-19(32-2)12-8-17/h3-8,10-13,15H,9,14H2,1-2H3,(H,28,30). The Morgan fingerprint density at radius 2 is 1.84 bits per heavy atom. The number of amides is 1. The lowest BCUT2D eigenvalue weighted by Crippen LogP contribution is -2.22. The first-order valence-corrected chi connectivity index (χ1v) is 10.5. The summed E-state index contributed by atoms with van der Waals surface area (Å²) in [6, 6.07) is 19.9. The number of aromatic nitrogens is 2. The predicted molar refractivity (Wildman–Crippen MR) is 127 cm³/mol. The lowest BCUT2D eigenvalue weighted by atomic mass is 10.1. The summed E-state index contributed by atoms with van der Waals surface area (Å²) < 4.78 is 6.67. The monoisotopic (exact) mass is 447 g/mol. The van der Waals surface area contributed by atoms with Crippen LogP contribution in [0.15, 0.2) is 71.5 Å². The van der Waals surface area contributed by atoms with Gasteiger partial charge in [-0.15, -0.1) is 0 Å². The van der Waals surface area contributed by atoms with Crippen LogP contribution in [0.3, 0.4) is 0 Å². The largest absolute Gasteiger partial charge is 0.497 e. The third kappa shape index (κ3) is 4.50. The highest BCUT2D eigenvalue weighted by molar-refractivity contribution is 6.33. The van der Waals surface area contributed by atoms with Crippen LogP contribution in [0.1, 0.15) is 17.8 Å². The van der Waals surface area contributed by atoms with Gasteiger partial charge in [0.25, 0.3) is 5.56 Å². The van der Waals surface area contributed by atoms with Crippen molar-refractivity contribution < 1.29 is 9.53 Å². The summed E-state index contributed by atoms with van der Waals surface area (Å²) in [5.74, 6) is 1.16. The summed E-state index contributed by atoms with van der Waals surface area (Å²) in [6.07, 6.45) is 0.879. The van der Waals surface area contributed by atoms with E-state index in [4.69, 9.17) is 16.3 Å². The van der Waals surface area contributed by atoms with Gasteiger partial charge in [-0.2, -0.15) is 0 Å². The maximum atomic E-state index is 13.1. The van der Waals surface area contributed by atoms with Crippen molar-refractivity contribution in [1.29, 1.82) is 0 Å². The first-order valence-electron chi connectivity index (χ1n) is 10.2. The molecule has 32 heavy (non-hydrogen) atoms. The fraction of sp³-hybridized carbons (Fsp3) is 0.160. The summed E-state index contributed by atoms with van der Waals surface area (Å²) in [5, 5.41) is 3.78. The molecule has 1 heterocycles. The van der Waals surface area contributed by atoms with Crippen molar-refractivity contribution in [2.24, 2.45) is 0 Å². The average molecular weight is 448 g/mol. The van der Waals surface area contributed by atoms with Crippen molar-refractivity contribution in [3.05, 3.63) is 93.5 Å². The van der Waals surface area contributed by atoms with Gasteiger partial charge < -0.3 is 10.1 Å². The summed E-state index contributed by atoms with van der Waals surface area (Å²) >= 11 is 6.32. The van der Waals surface area contributed by atoms with Gasteiger partial charge in [0, 0.05) is 6.42 Å². The van der Waals surface area contributed by atoms with Crippen LogP contribution < -0.4 is 15.6 Å². The molecule has 4 aromatic rings. The molecule has 0 fully saturated rings. The Labute approximate surface area is 190 Å². The normalized spacial score (nSPS) is 10.8. The molecule has 0 spiro atoms. The molecule has 0 atom stereocenters. The highest BCUT2D eigenvalue weighted by Gasteiger charge is 2.13. The Kier molecular flexibility index (Phi) is 6.23. The number of carbonyl (C=O) groups is 1. The molecule has 1 amide bonds. The Morgan fingerprint density at radius 3 is 2.59 bits per heavy atom. The van der Waals surface area contributed by atoms with Crippen LogP contribution in [-0.4, -0.2) is 22.6 Å². The van der Waals surface area contributed by atoms with Gasteiger partial charge in [-0.3, -0.25) is 14.2 Å². The first-order chi connectivity index (χ1) is 15.5. The SMILES string of the molecule is COc1ccc(CCC(=O)Nc2cc(-n3c(C)nc4ccccc4c3=O)ccc2Cl)cc1. The molecule has 1 aromatic heterocycles. The molecule has 0 aliphatic carbocycles. The van der Waals surface area contributed by atoms with Gasteiger partial charge in [-0.1, -0.05) is 35.9 Å². The third-order valence-corrected chi connectivity index (χ3v) is 5.56. The van der Waals surface area contributed by atoms with E-state index in [2.05, 4.69) is 10.3 Å². The summed E-state index contributed by atoms with van der Waals surface area (Å²) in [7, 11) is 1.61. The van der Waals surface area contributed by atoms with E-state index in [-0.39, 0.29) is 11.5 Å². The number of nitrogens with one attached hydrogen (secondary N) is 1. The van der Waals surface area contributed by atoms with Gasteiger partial charge in [0.1, 0.15) is 11.6 Å².